The van der Waals surface area contributed by atoms with Crippen LogP contribution in [-0.2, 0) is 0 Å². The molecule has 0 radical (unpaired) electrons. The topological polar surface area (TPSA) is 52.0 Å². The molecule has 0 saturated heterocycles. The summed E-state index contributed by atoms with van der Waals surface area (Å²) in [4.78, 5) is 3.12. The molecule has 9 heteroatoms. The van der Waals surface area contributed by atoms with E-state index in [4.69, 9.17) is 36.7 Å². The van der Waals surface area contributed by atoms with Crippen LogP contribution < -0.4 is 22.1 Å². The number of benzene rings is 3. The van der Waals surface area contributed by atoms with Gasteiger partial charge < -0.3 is 11.5 Å². The second-order valence-electron chi connectivity index (χ2n) is 6.33. The number of hydrogen-bond acceptors (Lipinski definition) is 6. The van der Waals surface area contributed by atoms with Gasteiger partial charge in [0.2, 0.25) is 0 Å². The van der Waals surface area contributed by atoms with Crippen molar-refractivity contribution in [3.05, 3.63) is 20.8 Å². The van der Waals surface area contributed by atoms with Gasteiger partial charge in [-0.3, -0.25) is 0 Å². The zero-order valence-corrected chi connectivity index (χ0v) is 22.6. The number of aryl methyl sites for hydroxylation is 1. The van der Waals surface area contributed by atoms with Crippen LogP contribution in [-0.4, -0.2) is 0 Å². The highest BCUT2D eigenvalue weighted by Crippen LogP contribution is 2.46. The van der Waals surface area contributed by atoms with Crippen molar-refractivity contribution in [1.82, 2.24) is 0 Å². The van der Waals surface area contributed by atoms with Crippen LogP contribution in [0.3, 0.4) is 0 Å². The number of halogens is 1. The first-order valence-corrected chi connectivity index (χ1v) is 11.8. The van der Waals surface area contributed by atoms with E-state index in [1.807, 2.05) is 6.92 Å². The van der Waals surface area contributed by atoms with Gasteiger partial charge in [0.25, 0.3) is 0 Å². The van der Waals surface area contributed by atoms with Gasteiger partial charge in [-0.1, -0.05) is 0 Å². The van der Waals surface area contributed by atoms with Crippen LogP contribution in [0.5, 0.6) is 0 Å². The van der Waals surface area contributed by atoms with Gasteiger partial charge in [0.05, 0.1) is 11.4 Å². The standard InChI is InChI=1S/C18H19IN2P2S4/c1-4-6(3-7(24)14(22)11(4)19)9-8-5(2)12(20)13(21)16(25)10(8)15(23)18(27)17(9)26/h3,24-27H,20-23H2,1-2H3. The molecule has 27 heavy (non-hydrogen) atoms. The minimum Gasteiger partial charge on any atom is -0.397 e. The number of nitrogen functional groups attached to an aromatic ring is 2. The SMILES string of the molecule is Cc1c(-c2c(S)c(S)c(P)c3c(S)c(N)c(N)c(C)c23)cc(S)c(P)c1I. The van der Waals surface area contributed by atoms with E-state index in [0.29, 0.717) is 16.3 Å². The lowest BCUT2D eigenvalue weighted by Crippen LogP contribution is -2.10. The first-order chi connectivity index (χ1) is 12.5. The maximum Gasteiger partial charge on any atom is 0.0692 e. The van der Waals surface area contributed by atoms with Crippen LogP contribution in [0.1, 0.15) is 11.1 Å². The maximum absolute atomic E-state index is 6.31. The van der Waals surface area contributed by atoms with Gasteiger partial charge in [0, 0.05) is 34.1 Å². The molecule has 3 rings (SSSR count). The maximum atomic E-state index is 6.31. The largest absolute Gasteiger partial charge is 0.397 e. The molecule has 3 aromatic carbocycles. The van der Waals surface area contributed by atoms with Crippen molar-refractivity contribution in [2.45, 2.75) is 33.4 Å². The van der Waals surface area contributed by atoms with Crippen LogP contribution >= 0.6 is 91.6 Å². The molecule has 0 aliphatic heterocycles. The minimum absolute atomic E-state index is 0.485. The molecule has 0 aromatic heterocycles. The van der Waals surface area contributed by atoms with E-state index in [-0.39, 0.29) is 0 Å². The lowest BCUT2D eigenvalue weighted by molar-refractivity contribution is 1.29. The van der Waals surface area contributed by atoms with Gasteiger partial charge in [-0.2, -0.15) is 0 Å². The van der Waals surface area contributed by atoms with Crippen molar-refractivity contribution in [3.8, 4) is 11.1 Å². The lowest BCUT2D eigenvalue weighted by atomic mass is 9.91. The number of fused-ring (bicyclic) bond motifs is 1. The zero-order chi connectivity index (χ0) is 20.4. The summed E-state index contributed by atoms with van der Waals surface area (Å²) in [6.45, 7) is 4.08. The minimum atomic E-state index is 0.485. The molecule has 2 unspecified atom stereocenters. The summed E-state index contributed by atoms with van der Waals surface area (Å²) in [6, 6.07) is 2.07. The Hall–Kier alpha value is 0.510. The molecule has 0 fully saturated rings. The summed E-state index contributed by atoms with van der Waals surface area (Å²) in [5, 5.41) is 3.90. The number of rotatable bonds is 1. The Morgan fingerprint density at radius 3 is 2.00 bits per heavy atom. The van der Waals surface area contributed by atoms with Crippen molar-refractivity contribution >= 4 is 124 Å². The first kappa shape index (κ1) is 22.2. The Labute approximate surface area is 199 Å². The second kappa shape index (κ2) is 7.98. The van der Waals surface area contributed by atoms with E-state index in [2.05, 4.69) is 79.3 Å². The van der Waals surface area contributed by atoms with Crippen molar-refractivity contribution in [2.75, 3.05) is 11.5 Å². The smallest absolute Gasteiger partial charge is 0.0692 e. The van der Waals surface area contributed by atoms with Crippen molar-refractivity contribution < 1.29 is 0 Å². The van der Waals surface area contributed by atoms with Gasteiger partial charge >= 0.3 is 0 Å². The average Bonchev–Trinajstić information content (AvgIpc) is 2.64. The van der Waals surface area contributed by atoms with E-state index < -0.39 is 0 Å². The summed E-state index contributed by atoms with van der Waals surface area (Å²) in [7, 11) is 5.50. The Morgan fingerprint density at radius 1 is 0.815 bits per heavy atom. The van der Waals surface area contributed by atoms with Crippen LogP contribution in [0.4, 0.5) is 11.4 Å². The Morgan fingerprint density at radius 2 is 1.41 bits per heavy atom. The molecule has 0 spiro atoms. The van der Waals surface area contributed by atoms with E-state index in [1.54, 1.807) is 0 Å². The molecule has 0 aliphatic rings. The Balaban J connectivity index is 2.68. The molecule has 0 amide bonds. The Kier molecular flexibility index (Phi) is 6.56. The Bertz CT molecular complexity index is 1140. The molecule has 0 heterocycles. The highest BCUT2D eigenvalue weighted by atomic mass is 127. The monoisotopic (exact) mass is 580 g/mol. The highest BCUT2D eigenvalue weighted by molar-refractivity contribution is 14.1. The molecule has 2 atom stereocenters. The number of nitrogens with two attached hydrogens (primary N) is 2. The highest BCUT2D eigenvalue weighted by Gasteiger charge is 2.23. The third-order valence-electron chi connectivity index (χ3n) is 4.84. The van der Waals surface area contributed by atoms with Gasteiger partial charge in [-0.05, 0) is 75.2 Å². The van der Waals surface area contributed by atoms with Crippen LogP contribution in [0, 0.1) is 17.4 Å². The molecular formula is C18H19IN2P2S4. The summed E-state index contributed by atoms with van der Waals surface area (Å²) in [5.41, 5.74) is 17.6. The predicted molar refractivity (Wildman–Crippen MR) is 148 cm³/mol. The third kappa shape index (κ3) is 3.39. The van der Waals surface area contributed by atoms with Crippen molar-refractivity contribution in [1.29, 1.82) is 0 Å². The first-order valence-electron chi connectivity index (χ1n) is 7.82. The predicted octanol–water partition coefficient (Wildman–Crippen LogP) is 5.05. The number of thiol groups is 4. The molecule has 0 aliphatic carbocycles. The average molecular weight is 580 g/mol. The van der Waals surface area contributed by atoms with Gasteiger partial charge in [-0.25, -0.2) is 0 Å². The van der Waals surface area contributed by atoms with Gasteiger partial charge in [-0.15, -0.1) is 69.0 Å². The van der Waals surface area contributed by atoms with Crippen LogP contribution in [0.15, 0.2) is 25.6 Å². The molecule has 2 nitrogen and oxygen atoms in total. The lowest BCUT2D eigenvalue weighted by Gasteiger charge is -2.23. The van der Waals surface area contributed by atoms with E-state index in [1.165, 1.54) is 0 Å². The van der Waals surface area contributed by atoms with Gasteiger partial charge in [0.15, 0.2) is 0 Å². The fraction of sp³-hybridized carbons (Fsp3) is 0.111. The number of hydrogen-bond donors (Lipinski definition) is 6. The second-order valence-corrected chi connectivity index (χ2v) is 10.4. The molecule has 0 saturated carbocycles. The van der Waals surface area contributed by atoms with Crippen molar-refractivity contribution in [3.63, 3.8) is 0 Å². The molecule has 142 valence electrons. The van der Waals surface area contributed by atoms with Crippen molar-refractivity contribution in [2.24, 2.45) is 0 Å². The van der Waals surface area contributed by atoms with Gasteiger partial charge in [0.1, 0.15) is 0 Å². The third-order valence-corrected chi connectivity index (χ3v) is 10.4. The summed E-state index contributed by atoms with van der Waals surface area (Å²) >= 11 is 21.2. The molecule has 0 bridgehead atoms. The summed E-state index contributed by atoms with van der Waals surface area (Å²) < 4.78 is 1.14. The normalized spacial score (nSPS) is 11.4. The molecule has 4 N–H and O–H groups in total. The fourth-order valence-corrected chi connectivity index (χ4v) is 6.18. The van der Waals surface area contributed by atoms with E-state index in [9.17, 15) is 0 Å². The molecule has 3 aromatic rings. The zero-order valence-electron chi connectivity index (χ0n) is 14.6. The van der Waals surface area contributed by atoms with E-state index in [0.717, 1.165) is 61.9 Å². The number of anilines is 2. The van der Waals surface area contributed by atoms with E-state index >= 15 is 0 Å². The quantitative estimate of drug-likeness (QED) is 0.106. The molecular weight excluding hydrogens is 561 g/mol. The summed E-state index contributed by atoms with van der Waals surface area (Å²) in [5.74, 6) is 0. The summed E-state index contributed by atoms with van der Waals surface area (Å²) in [6.07, 6.45) is 0. The van der Waals surface area contributed by atoms with Crippen LogP contribution in [0.2, 0.25) is 0 Å². The van der Waals surface area contributed by atoms with Crippen LogP contribution in [0.25, 0.3) is 21.9 Å². The fourth-order valence-electron chi connectivity index (χ4n) is 3.24.